The zero-order valence-corrected chi connectivity index (χ0v) is 13.0. The van der Waals surface area contributed by atoms with Gasteiger partial charge in [0.2, 0.25) is 5.67 Å². The third-order valence-corrected chi connectivity index (χ3v) is 3.01. The molecule has 1 unspecified atom stereocenters. The van der Waals surface area contributed by atoms with Crippen LogP contribution in [0.1, 0.15) is 65.8 Å². The van der Waals surface area contributed by atoms with Crippen LogP contribution in [-0.4, -0.2) is 20.8 Å². The van der Waals surface area contributed by atoms with Crippen molar-refractivity contribution in [3.63, 3.8) is 0 Å². The molecule has 1 atom stereocenters. The van der Waals surface area contributed by atoms with Crippen molar-refractivity contribution in [2.45, 2.75) is 73.0 Å². The largest absolute Gasteiger partial charge is 0.296 e. The Morgan fingerprint density at radius 1 is 1.32 bits per heavy atom. The number of aryl methyl sites for hydroxylation is 2. The van der Waals surface area contributed by atoms with Crippen molar-refractivity contribution in [1.29, 1.82) is 0 Å². The van der Waals surface area contributed by atoms with E-state index in [0.29, 0.717) is 24.4 Å². The predicted molar refractivity (Wildman–Crippen MR) is 74.8 cm³/mol. The van der Waals surface area contributed by atoms with Gasteiger partial charge in [0.1, 0.15) is 5.69 Å². The Morgan fingerprint density at radius 2 is 1.89 bits per heavy atom. The van der Waals surface area contributed by atoms with E-state index in [1.807, 2.05) is 27.7 Å². The standard InChI is InChI=1S/C12H20FN3O.C2H6/c1-5-8-10-11(16(7-3)15-14-10)12(13,6-2)9(4)17;1-2/h5-8H2,1-4H3;1-2H3. The minimum atomic E-state index is -1.95. The van der Waals surface area contributed by atoms with Gasteiger partial charge in [-0.15, -0.1) is 5.10 Å². The maximum atomic E-state index is 14.8. The van der Waals surface area contributed by atoms with Crippen LogP contribution in [-0.2, 0) is 23.4 Å². The summed E-state index contributed by atoms with van der Waals surface area (Å²) in [6, 6.07) is 0. The Hall–Kier alpha value is -1.26. The van der Waals surface area contributed by atoms with Crippen LogP contribution in [0.15, 0.2) is 0 Å². The zero-order chi connectivity index (χ0) is 15.1. The first-order chi connectivity index (χ1) is 9.01. The number of ketones is 1. The lowest BCUT2D eigenvalue weighted by molar-refractivity contribution is -0.129. The van der Waals surface area contributed by atoms with Gasteiger partial charge < -0.3 is 0 Å². The van der Waals surface area contributed by atoms with Crippen LogP contribution in [0.2, 0.25) is 0 Å². The van der Waals surface area contributed by atoms with E-state index < -0.39 is 11.5 Å². The van der Waals surface area contributed by atoms with E-state index in [4.69, 9.17) is 0 Å². The molecular formula is C14H26FN3O. The average molecular weight is 271 g/mol. The van der Waals surface area contributed by atoms with Crippen molar-refractivity contribution in [2.24, 2.45) is 0 Å². The Kier molecular flexibility index (Phi) is 7.49. The highest BCUT2D eigenvalue weighted by Crippen LogP contribution is 2.33. The molecule has 0 saturated carbocycles. The molecule has 19 heavy (non-hydrogen) atoms. The van der Waals surface area contributed by atoms with E-state index in [1.165, 1.54) is 11.6 Å². The molecule has 0 radical (unpaired) electrons. The number of halogens is 1. The first kappa shape index (κ1) is 17.7. The SMILES string of the molecule is CC.CCCc1nnn(CC)c1C(F)(CC)C(C)=O. The van der Waals surface area contributed by atoms with Crippen molar-refractivity contribution >= 4 is 5.78 Å². The summed E-state index contributed by atoms with van der Waals surface area (Å²) in [6.45, 7) is 11.3. The highest BCUT2D eigenvalue weighted by atomic mass is 19.1. The Morgan fingerprint density at radius 3 is 2.26 bits per heavy atom. The lowest BCUT2D eigenvalue weighted by atomic mass is 9.91. The molecule has 0 spiro atoms. The smallest absolute Gasteiger partial charge is 0.211 e. The quantitative estimate of drug-likeness (QED) is 0.796. The van der Waals surface area contributed by atoms with E-state index in [2.05, 4.69) is 10.3 Å². The highest BCUT2D eigenvalue weighted by Gasteiger charge is 2.41. The molecule has 5 heteroatoms. The van der Waals surface area contributed by atoms with Crippen molar-refractivity contribution < 1.29 is 9.18 Å². The van der Waals surface area contributed by atoms with Crippen LogP contribution >= 0.6 is 0 Å². The Bertz CT molecular complexity index is 403. The van der Waals surface area contributed by atoms with Gasteiger partial charge in [-0.3, -0.25) is 4.79 Å². The van der Waals surface area contributed by atoms with Gasteiger partial charge in [0, 0.05) is 6.54 Å². The summed E-state index contributed by atoms with van der Waals surface area (Å²) >= 11 is 0. The summed E-state index contributed by atoms with van der Waals surface area (Å²) in [7, 11) is 0. The van der Waals surface area contributed by atoms with E-state index in [9.17, 15) is 9.18 Å². The first-order valence-electron chi connectivity index (χ1n) is 7.13. The summed E-state index contributed by atoms with van der Waals surface area (Å²) in [5.74, 6) is -0.477. The Labute approximate surface area is 115 Å². The third-order valence-electron chi connectivity index (χ3n) is 3.01. The maximum absolute atomic E-state index is 14.8. The van der Waals surface area contributed by atoms with E-state index in [1.54, 1.807) is 6.92 Å². The van der Waals surface area contributed by atoms with Gasteiger partial charge in [-0.2, -0.15) is 0 Å². The predicted octanol–water partition coefficient (Wildman–Crippen LogP) is 3.44. The second-order valence-corrected chi connectivity index (χ2v) is 4.16. The molecule has 1 rings (SSSR count). The Balaban J connectivity index is 0.00000154. The maximum Gasteiger partial charge on any atom is 0.211 e. The molecule has 0 aromatic carbocycles. The lowest BCUT2D eigenvalue weighted by Gasteiger charge is -2.22. The van der Waals surface area contributed by atoms with Crippen LogP contribution in [0.3, 0.4) is 0 Å². The number of Topliss-reactive ketones (excluding diaryl/α,β-unsaturated/α-hetero) is 1. The average Bonchev–Trinajstić information content (AvgIpc) is 2.83. The minimum absolute atomic E-state index is 0.117. The van der Waals surface area contributed by atoms with Crippen LogP contribution in [0, 0.1) is 0 Å². The molecular weight excluding hydrogens is 245 g/mol. The number of aromatic nitrogens is 3. The van der Waals surface area contributed by atoms with Gasteiger partial charge in [0.15, 0.2) is 5.78 Å². The molecule has 110 valence electrons. The number of hydrogen-bond acceptors (Lipinski definition) is 3. The second-order valence-electron chi connectivity index (χ2n) is 4.16. The van der Waals surface area contributed by atoms with Crippen molar-refractivity contribution in [2.75, 3.05) is 0 Å². The molecule has 0 N–H and O–H groups in total. The fourth-order valence-corrected chi connectivity index (χ4v) is 1.99. The van der Waals surface area contributed by atoms with Crippen molar-refractivity contribution in [3.8, 4) is 0 Å². The van der Waals surface area contributed by atoms with Crippen LogP contribution < -0.4 is 0 Å². The fourth-order valence-electron chi connectivity index (χ4n) is 1.99. The number of carbonyl (C=O) groups is 1. The van der Waals surface area contributed by atoms with Gasteiger partial charge in [0.05, 0.1) is 5.69 Å². The summed E-state index contributed by atoms with van der Waals surface area (Å²) in [5.41, 5.74) is -1.00. The lowest BCUT2D eigenvalue weighted by Crippen LogP contribution is -2.32. The number of rotatable bonds is 6. The fraction of sp³-hybridized carbons (Fsp3) is 0.786. The van der Waals surface area contributed by atoms with Crippen LogP contribution in [0.4, 0.5) is 4.39 Å². The van der Waals surface area contributed by atoms with Gasteiger partial charge in [-0.05, 0) is 26.7 Å². The van der Waals surface area contributed by atoms with Crippen molar-refractivity contribution in [3.05, 3.63) is 11.4 Å². The summed E-state index contributed by atoms with van der Waals surface area (Å²) < 4.78 is 16.3. The molecule has 0 aliphatic heterocycles. The first-order valence-corrected chi connectivity index (χ1v) is 7.13. The van der Waals surface area contributed by atoms with E-state index in [0.717, 1.165) is 6.42 Å². The summed E-state index contributed by atoms with van der Waals surface area (Å²) in [6.07, 6.45) is 1.62. The highest BCUT2D eigenvalue weighted by molar-refractivity contribution is 5.86. The van der Waals surface area contributed by atoms with Gasteiger partial charge in [-0.25, -0.2) is 9.07 Å². The zero-order valence-electron chi connectivity index (χ0n) is 13.0. The second kappa shape index (κ2) is 8.02. The monoisotopic (exact) mass is 271 g/mol. The molecule has 0 bridgehead atoms. The normalized spacial score (nSPS) is 13.4. The molecule has 0 aliphatic carbocycles. The molecule has 1 heterocycles. The van der Waals surface area contributed by atoms with Gasteiger partial charge in [0.25, 0.3) is 0 Å². The molecule has 4 nitrogen and oxygen atoms in total. The molecule has 1 aromatic rings. The third kappa shape index (κ3) is 3.61. The summed E-state index contributed by atoms with van der Waals surface area (Å²) in [4.78, 5) is 11.6. The minimum Gasteiger partial charge on any atom is -0.296 e. The summed E-state index contributed by atoms with van der Waals surface area (Å²) in [5, 5.41) is 7.92. The number of alkyl halides is 1. The molecule has 0 amide bonds. The van der Waals surface area contributed by atoms with E-state index >= 15 is 0 Å². The van der Waals surface area contributed by atoms with Crippen LogP contribution in [0.5, 0.6) is 0 Å². The van der Waals surface area contributed by atoms with E-state index in [-0.39, 0.29) is 6.42 Å². The molecule has 1 aromatic heterocycles. The van der Waals surface area contributed by atoms with Crippen LogP contribution in [0.25, 0.3) is 0 Å². The number of carbonyl (C=O) groups excluding carboxylic acids is 1. The van der Waals surface area contributed by atoms with Gasteiger partial charge in [-0.1, -0.05) is 39.3 Å². The number of hydrogen-bond donors (Lipinski definition) is 0. The van der Waals surface area contributed by atoms with Gasteiger partial charge >= 0.3 is 0 Å². The topological polar surface area (TPSA) is 47.8 Å². The molecule has 0 saturated heterocycles. The number of nitrogens with zero attached hydrogens (tertiary/aromatic N) is 3. The molecule has 0 fully saturated rings. The van der Waals surface area contributed by atoms with Crippen molar-refractivity contribution in [1.82, 2.24) is 15.0 Å². The molecule has 0 aliphatic rings.